The number of hydrogen-bond donors (Lipinski definition) is 0. The van der Waals surface area contributed by atoms with Crippen LogP contribution in [0.2, 0.25) is 0 Å². The number of furan rings is 3. The normalized spacial score (nSPS) is 12.3. The van der Waals surface area contributed by atoms with Crippen molar-refractivity contribution >= 4 is 87.6 Å². The second kappa shape index (κ2) is 8.68. The fourth-order valence-electron chi connectivity index (χ4n) is 7.57. The highest BCUT2D eigenvalue weighted by atomic mass is 16.3. The molecule has 0 spiro atoms. The second-order valence-corrected chi connectivity index (χ2v) is 12.1. The number of aromatic nitrogens is 1. The van der Waals surface area contributed by atoms with E-state index < -0.39 is 0 Å². The third-order valence-corrected chi connectivity index (χ3v) is 9.60. The minimum absolute atomic E-state index is 0.799. The Morgan fingerprint density at radius 3 is 1.59 bits per heavy atom. The van der Waals surface area contributed by atoms with Crippen LogP contribution < -0.4 is 0 Å². The van der Waals surface area contributed by atoms with Gasteiger partial charge in [-0.1, -0.05) is 91.0 Å². The standard InChI is InChI=1S/C42H23NO3/c1-4-16-35-25(9-1)26-10-2-5-17-36(26)43(35)24-19-20-38-32(21-24)34-22-33-31-15-8-14-30(42(31)46-40(33)23-39(34)44-38)29-13-7-12-28-27-11-3-6-18-37(27)45-41(28)29/h1-23H. The first kappa shape index (κ1) is 24.1. The van der Waals surface area contributed by atoms with Gasteiger partial charge in [0, 0.05) is 66.0 Å². The number of para-hydroxylation sites is 5. The Bertz CT molecular complexity index is 2980. The summed E-state index contributed by atoms with van der Waals surface area (Å²) in [6, 6.07) is 48.8. The van der Waals surface area contributed by atoms with Gasteiger partial charge in [0.15, 0.2) is 0 Å². The Hall–Kier alpha value is -6.26. The first-order chi connectivity index (χ1) is 22.8. The maximum atomic E-state index is 6.64. The fraction of sp³-hybridized carbons (Fsp3) is 0. The van der Waals surface area contributed by atoms with Gasteiger partial charge in [0.05, 0.1) is 11.0 Å². The summed E-state index contributed by atoms with van der Waals surface area (Å²) in [5.41, 5.74) is 10.6. The summed E-state index contributed by atoms with van der Waals surface area (Å²) in [4.78, 5) is 0. The molecule has 11 rings (SSSR count). The molecule has 0 radical (unpaired) electrons. The van der Waals surface area contributed by atoms with Crippen molar-refractivity contribution in [2.75, 3.05) is 0 Å². The number of benzene rings is 7. The summed E-state index contributed by atoms with van der Waals surface area (Å²) in [6.45, 7) is 0. The largest absolute Gasteiger partial charge is 0.456 e. The summed E-state index contributed by atoms with van der Waals surface area (Å²) in [5.74, 6) is 0. The van der Waals surface area contributed by atoms with Crippen molar-refractivity contribution < 1.29 is 13.3 Å². The summed E-state index contributed by atoms with van der Waals surface area (Å²) < 4.78 is 21.8. The molecule has 4 aromatic heterocycles. The molecule has 46 heavy (non-hydrogen) atoms. The molecule has 7 aromatic carbocycles. The molecule has 4 nitrogen and oxygen atoms in total. The SMILES string of the molecule is c1ccc2c(c1)oc1c(-c3cccc4c3oc3cc5oc6ccc(-n7c8ccccc8c8ccccc87)cc6c5cc34)cccc12. The molecule has 0 fully saturated rings. The van der Waals surface area contributed by atoms with Crippen LogP contribution in [0.3, 0.4) is 0 Å². The second-order valence-electron chi connectivity index (χ2n) is 12.1. The average molecular weight is 590 g/mol. The van der Waals surface area contributed by atoms with Gasteiger partial charge in [-0.15, -0.1) is 0 Å². The Balaban J connectivity index is 1.15. The van der Waals surface area contributed by atoms with Gasteiger partial charge >= 0.3 is 0 Å². The van der Waals surface area contributed by atoms with Crippen LogP contribution in [0.1, 0.15) is 0 Å². The van der Waals surface area contributed by atoms with Crippen LogP contribution >= 0.6 is 0 Å². The van der Waals surface area contributed by atoms with E-state index in [1.807, 2.05) is 18.2 Å². The van der Waals surface area contributed by atoms with Crippen molar-refractivity contribution in [2.24, 2.45) is 0 Å². The van der Waals surface area contributed by atoms with Crippen LogP contribution in [0.4, 0.5) is 0 Å². The van der Waals surface area contributed by atoms with Gasteiger partial charge in [-0.25, -0.2) is 0 Å². The summed E-state index contributed by atoms with van der Waals surface area (Å²) in [7, 11) is 0. The fourth-order valence-corrected chi connectivity index (χ4v) is 7.57. The first-order valence-electron chi connectivity index (χ1n) is 15.5. The molecule has 0 saturated heterocycles. The van der Waals surface area contributed by atoms with Crippen LogP contribution in [0.5, 0.6) is 0 Å². The molecular formula is C42H23NO3. The van der Waals surface area contributed by atoms with Crippen molar-refractivity contribution in [3.63, 3.8) is 0 Å². The van der Waals surface area contributed by atoms with Crippen molar-refractivity contribution in [2.45, 2.75) is 0 Å². The highest BCUT2D eigenvalue weighted by Gasteiger charge is 2.20. The molecule has 0 bridgehead atoms. The summed E-state index contributed by atoms with van der Waals surface area (Å²) in [6.07, 6.45) is 0. The molecule has 0 aliphatic carbocycles. The Kier molecular flexibility index (Phi) is 4.55. The Morgan fingerprint density at radius 2 is 0.848 bits per heavy atom. The van der Waals surface area contributed by atoms with E-state index in [1.54, 1.807) is 0 Å². The van der Waals surface area contributed by atoms with Crippen LogP contribution in [0.15, 0.2) is 153 Å². The molecule has 0 unspecified atom stereocenters. The highest BCUT2D eigenvalue weighted by molar-refractivity contribution is 6.19. The minimum atomic E-state index is 0.799. The van der Waals surface area contributed by atoms with Crippen molar-refractivity contribution in [1.82, 2.24) is 4.57 Å². The lowest BCUT2D eigenvalue weighted by Crippen LogP contribution is -1.93. The predicted molar refractivity (Wildman–Crippen MR) is 188 cm³/mol. The van der Waals surface area contributed by atoms with E-state index in [4.69, 9.17) is 13.3 Å². The van der Waals surface area contributed by atoms with E-state index in [0.717, 1.165) is 82.6 Å². The quantitative estimate of drug-likeness (QED) is 0.201. The molecule has 0 N–H and O–H groups in total. The maximum Gasteiger partial charge on any atom is 0.143 e. The lowest BCUT2D eigenvalue weighted by molar-refractivity contribution is 0.655. The lowest BCUT2D eigenvalue weighted by Gasteiger charge is -2.08. The van der Waals surface area contributed by atoms with Crippen LogP contribution in [0, 0.1) is 0 Å². The molecule has 0 amide bonds. The van der Waals surface area contributed by atoms with Gasteiger partial charge < -0.3 is 17.8 Å². The summed E-state index contributed by atoms with van der Waals surface area (Å²) in [5, 5.41) is 8.98. The van der Waals surface area contributed by atoms with E-state index in [0.29, 0.717) is 0 Å². The van der Waals surface area contributed by atoms with Gasteiger partial charge in [0.1, 0.15) is 33.5 Å². The van der Waals surface area contributed by atoms with E-state index in [9.17, 15) is 0 Å². The molecule has 214 valence electrons. The van der Waals surface area contributed by atoms with E-state index in [2.05, 4.69) is 126 Å². The Labute approximate surface area is 261 Å². The van der Waals surface area contributed by atoms with Gasteiger partial charge in [-0.05, 0) is 42.5 Å². The van der Waals surface area contributed by atoms with Crippen LogP contribution in [-0.2, 0) is 0 Å². The molecule has 4 heteroatoms. The monoisotopic (exact) mass is 589 g/mol. The zero-order valence-electron chi connectivity index (χ0n) is 24.5. The van der Waals surface area contributed by atoms with Gasteiger partial charge in [-0.3, -0.25) is 0 Å². The lowest BCUT2D eigenvalue weighted by atomic mass is 9.99. The molecule has 0 atom stereocenters. The number of hydrogen-bond acceptors (Lipinski definition) is 3. The third kappa shape index (κ3) is 3.12. The topological polar surface area (TPSA) is 44.4 Å². The number of rotatable bonds is 2. The first-order valence-corrected chi connectivity index (χ1v) is 15.5. The van der Waals surface area contributed by atoms with Gasteiger partial charge in [0.25, 0.3) is 0 Å². The zero-order chi connectivity index (χ0) is 29.9. The van der Waals surface area contributed by atoms with Crippen molar-refractivity contribution in [1.29, 1.82) is 0 Å². The minimum Gasteiger partial charge on any atom is -0.456 e. The summed E-state index contributed by atoms with van der Waals surface area (Å²) >= 11 is 0. The molecule has 4 heterocycles. The van der Waals surface area contributed by atoms with E-state index >= 15 is 0 Å². The van der Waals surface area contributed by atoms with Crippen LogP contribution in [-0.4, -0.2) is 4.57 Å². The maximum absolute atomic E-state index is 6.64. The van der Waals surface area contributed by atoms with Gasteiger partial charge in [-0.2, -0.15) is 0 Å². The Morgan fingerprint density at radius 1 is 0.326 bits per heavy atom. The van der Waals surface area contributed by atoms with Crippen LogP contribution in [0.25, 0.3) is 104 Å². The number of fused-ring (bicyclic) bond motifs is 12. The average Bonchev–Trinajstić information content (AvgIpc) is 3.85. The predicted octanol–water partition coefficient (Wildman–Crippen LogP) is 12.1. The third-order valence-electron chi connectivity index (χ3n) is 9.60. The van der Waals surface area contributed by atoms with Crippen molar-refractivity contribution in [3.05, 3.63) is 140 Å². The molecule has 0 saturated carbocycles. The van der Waals surface area contributed by atoms with Gasteiger partial charge in [0.2, 0.25) is 0 Å². The molecule has 0 aliphatic rings. The molecule has 0 aliphatic heterocycles. The smallest absolute Gasteiger partial charge is 0.143 e. The highest BCUT2D eigenvalue weighted by Crippen LogP contribution is 2.43. The van der Waals surface area contributed by atoms with E-state index in [-0.39, 0.29) is 0 Å². The molecule has 11 aromatic rings. The molecular weight excluding hydrogens is 566 g/mol. The number of nitrogens with zero attached hydrogens (tertiary/aromatic N) is 1. The van der Waals surface area contributed by atoms with E-state index in [1.165, 1.54) is 21.8 Å². The zero-order valence-corrected chi connectivity index (χ0v) is 24.5. The van der Waals surface area contributed by atoms with Crippen molar-refractivity contribution in [3.8, 4) is 16.8 Å².